The molecule has 2 atom stereocenters. The third kappa shape index (κ3) is 2.95. The van der Waals surface area contributed by atoms with Crippen LogP contribution in [0.15, 0.2) is 6.07 Å². The molecule has 4 nitrogen and oxygen atoms in total. The first-order valence-electron chi connectivity index (χ1n) is 7.93. The molecule has 0 spiro atoms. The Morgan fingerprint density at radius 2 is 2.10 bits per heavy atom. The van der Waals surface area contributed by atoms with Crippen molar-refractivity contribution in [1.82, 2.24) is 15.1 Å². The number of rotatable bonds is 5. The van der Waals surface area contributed by atoms with Crippen molar-refractivity contribution in [3.8, 4) is 0 Å². The third-order valence-corrected chi connectivity index (χ3v) is 4.85. The zero-order valence-corrected chi connectivity index (χ0v) is 12.6. The molecule has 4 heteroatoms. The molecule has 0 aromatic carbocycles. The van der Waals surface area contributed by atoms with E-state index in [0.29, 0.717) is 30.2 Å². The molecular weight excluding hydrogens is 250 g/mol. The summed E-state index contributed by atoms with van der Waals surface area (Å²) in [4.78, 5) is 12.3. The topological polar surface area (TPSA) is 46.9 Å². The molecule has 1 N–H and O–H groups in total. The molecular formula is C16H25N3O. The van der Waals surface area contributed by atoms with Crippen molar-refractivity contribution in [2.75, 3.05) is 0 Å². The van der Waals surface area contributed by atoms with Crippen molar-refractivity contribution in [2.24, 2.45) is 13.0 Å². The van der Waals surface area contributed by atoms with Crippen molar-refractivity contribution in [3.63, 3.8) is 0 Å². The van der Waals surface area contributed by atoms with Gasteiger partial charge >= 0.3 is 0 Å². The highest BCUT2D eigenvalue weighted by atomic mass is 16.1. The Balaban J connectivity index is 1.55. The van der Waals surface area contributed by atoms with Gasteiger partial charge in [0.05, 0.1) is 5.69 Å². The van der Waals surface area contributed by atoms with E-state index in [0.717, 1.165) is 24.2 Å². The number of hydrogen-bond acceptors (Lipinski definition) is 3. The van der Waals surface area contributed by atoms with Gasteiger partial charge in [-0.05, 0) is 44.1 Å². The van der Waals surface area contributed by atoms with Crippen LogP contribution >= 0.6 is 0 Å². The predicted molar refractivity (Wildman–Crippen MR) is 78.6 cm³/mol. The summed E-state index contributed by atoms with van der Waals surface area (Å²) in [6.45, 7) is 2.10. The van der Waals surface area contributed by atoms with Gasteiger partial charge in [-0.15, -0.1) is 0 Å². The van der Waals surface area contributed by atoms with Gasteiger partial charge in [-0.25, -0.2) is 0 Å². The summed E-state index contributed by atoms with van der Waals surface area (Å²) in [6.07, 6.45) is 7.21. The first kappa shape index (κ1) is 13.8. The first-order chi connectivity index (χ1) is 9.64. The number of ketones is 1. The van der Waals surface area contributed by atoms with Gasteiger partial charge < -0.3 is 5.32 Å². The van der Waals surface area contributed by atoms with Gasteiger partial charge in [-0.1, -0.05) is 6.92 Å². The number of carbonyl (C=O) groups is 1. The lowest BCUT2D eigenvalue weighted by molar-refractivity contribution is -0.119. The van der Waals surface area contributed by atoms with Gasteiger partial charge in [-0.3, -0.25) is 9.48 Å². The average molecular weight is 275 g/mol. The summed E-state index contributed by atoms with van der Waals surface area (Å²) < 4.78 is 1.86. The summed E-state index contributed by atoms with van der Waals surface area (Å²) in [5.74, 6) is 0.974. The van der Waals surface area contributed by atoms with E-state index in [1.54, 1.807) is 0 Å². The highest BCUT2D eigenvalue weighted by Crippen LogP contribution is 2.32. The summed E-state index contributed by atoms with van der Waals surface area (Å²) in [5, 5.41) is 8.06. The Morgan fingerprint density at radius 3 is 2.70 bits per heavy atom. The van der Waals surface area contributed by atoms with E-state index in [-0.39, 0.29) is 0 Å². The Bertz CT molecular complexity index is 482. The van der Waals surface area contributed by atoms with Crippen LogP contribution in [0.4, 0.5) is 0 Å². The molecule has 2 unspecified atom stereocenters. The maximum atomic E-state index is 12.3. The fraction of sp³-hybridized carbons (Fsp3) is 0.750. The van der Waals surface area contributed by atoms with Crippen LogP contribution in [0.2, 0.25) is 0 Å². The van der Waals surface area contributed by atoms with Crippen LogP contribution in [0.25, 0.3) is 0 Å². The molecule has 20 heavy (non-hydrogen) atoms. The number of piperidine rings is 1. The molecule has 0 saturated carbocycles. The largest absolute Gasteiger partial charge is 0.311 e. The van der Waals surface area contributed by atoms with Crippen molar-refractivity contribution >= 4 is 5.78 Å². The standard InChI is InChI=1S/C16H25N3O/c1-3-12-9-15(19(2)18-12)10-16(20)8-11-6-13-4-5-14(7-11)17-13/h9,11,13-14,17H,3-8,10H2,1-2H3. The van der Waals surface area contributed by atoms with Crippen molar-refractivity contribution in [1.29, 1.82) is 0 Å². The van der Waals surface area contributed by atoms with Crippen LogP contribution in [0.1, 0.15) is 50.4 Å². The van der Waals surface area contributed by atoms with Crippen LogP contribution < -0.4 is 5.32 Å². The second-order valence-corrected chi connectivity index (χ2v) is 6.50. The monoisotopic (exact) mass is 275 g/mol. The summed E-state index contributed by atoms with van der Waals surface area (Å²) in [5.41, 5.74) is 2.14. The van der Waals surface area contributed by atoms with Crippen molar-refractivity contribution in [3.05, 3.63) is 17.5 Å². The summed E-state index contributed by atoms with van der Waals surface area (Å²) in [6, 6.07) is 3.43. The lowest BCUT2D eigenvalue weighted by atomic mass is 9.87. The number of aromatic nitrogens is 2. The van der Waals surface area contributed by atoms with E-state index >= 15 is 0 Å². The number of nitrogens with zero attached hydrogens (tertiary/aromatic N) is 2. The van der Waals surface area contributed by atoms with Crippen LogP contribution in [0, 0.1) is 5.92 Å². The van der Waals surface area contributed by atoms with Gasteiger partial charge in [0.1, 0.15) is 5.78 Å². The lowest BCUT2D eigenvalue weighted by Crippen LogP contribution is -2.38. The predicted octanol–water partition coefficient (Wildman–Crippen LogP) is 2.01. The third-order valence-electron chi connectivity index (χ3n) is 4.85. The van der Waals surface area contributed by atoms with E-state index in [1.165, 1.54) is 25.7 Å². The fourth-order valence-electron chi connectivity index (χ4n) is 3.85. The van der Waals surface area contributed by atoms with Gasteiger partial charge in [0.15, 0.2) is 0 Å². The van der Waals surface area contributed by atoms with E-state index in [9.17, 15) is 4.79 Å². The van der Waals surface area contributed by atoms with E-state index in [4.69, 9.17) is 0 Å². The van der Waals surface area contributed by atoms with E-state index in [2.05, 4.69) is 23.4 Å². The highest BCUT2D eigenvalue weighted by Gasteiger charge is 2.34. The Morgan fingerprint density at radius 1 is 1.40 bits per heavy atom. The number of aryl methyl sites for hydroxylation is 2. The molecule has 2 bridgehead atoms. The lowest BCUT2D eigenvalue weighted by Gasteiger charge is -2.28. The molecule has 1 aromatic rings. The second kappa shape index (κ2) is 5.68. The number of carbonyl (C=O) groups excluding carboxylic acids is 1. The average Bonchev–Trinajstić information content (AvgIpc) is 2.93. The highest BCUT2D eigenvalue weighted by molar-refractivity contribution is 5.80. The molecule has 3 rings (SSSR count). The SMILES string of the molecule is CCc1cc(CC(=O)CC2CC3CCC(C2)N3)n(C)n1. The number of Topliss-reactive ketones (excluding diaryl/α,β-unsaturated/α-hetero) is 1. The molecule has 2 saturated heterocycles. The fourth-order valence-corrected chi connectivity index (χ4v) is 3.85. The first-order valence-corrected chi connectivity index (χ1v) is 7.93. The van der Waals surface area contributed by atoms with Crippen LogP contribution in [0.5, 0.6) is 0 Å². The molecule has 1 aromatic heterocycles. The number of hydrogen-bond donors (Lipinski definition) is 1. The van der Waals surface area contributed by atoms with Crippen molar-refractivity contribution < 1.29 is 4.79 Å². The Labute approximate surface area is 120 Å². The molecule has 0 aliphatic carbocycles. The zero-order valence-electron chi connectivity index (χ0n) is 12.6. The van der Waals surface area contributed by atoms with Crippen molar-refractivity contribution in [2.45, 2.75) is 64.0 Å². The number of fused-ring (bicyclic) bond motifs is 2. The zero-order chi connectivity index (χ0) is 14.1. The van der Waals surface area contributed by atoms with Gasteiger partial charge in [0, 0.05) is 37.7 Å². The second-order valence-electron chi connectivity index (χ2n) is 6.50. The molecule has 110 valence electrons. The maximum Gasteiger partial charge on any atom is 0.139 e. The van der Waals surface area contributed by atoms with Crippen LogP contribution in [0.3, 0.4) is 0 Å². The minimum Gasteiger partial charge on any atom is -0.311 e. The van der Waals surface area contributed by atoms with Crippen LogP contribution in [-0.2, 0) is 24.7 Å². The minimum atomic E-state index is 0.377. The van der Waals surface area contributed by atoms with Gasteiger partial charge in [0.2, 0.25) is 0 Å². The quantitative estimate of drug-likeness (QED) is 0.894. The van der Waals surface area contributed by atoms with Gasteiger partial charge in [0.25, 0.3) is 0 Å². The normalized spacial score (nSPS) is 28.8. The molecule has 2 aliphatic heterocycles. The number of nitrogens with one attached hydrogen (secondary N) is 1. The van der Waals surface area contributed by atoms with E-state index < -0.39 is 0 Å². The molecule has 0 amide bonds. The van der Waals surface area contributed by atoms with Crippen LogP contribution in [-0.4, -0.2) is 27.6 Å². The van der Waals surface area contributed by atoms with E-state index in [1.807, 2.05) is 11.7 Å². The van der Waals surface area contributed by atoms with Gasteiger partial charge in [-0.2, -0.15) is 5.10 Å². The molecule has 2 aliphatic rings. The minimum absolute atomic E-state index is 0.377. The Kier molecular flexibility index (Phi) is 3.92. The smallest absolute Gasteiger partial charge is 0.139 e. The Hall–Kier alpha value is -1.16. The maximum absolute atomic E-state index is 12.3. The molecule has 2 fully saturated rings. The molecule has 3 heterocycles. The summed E-state index contributed by atoms with van der Waals surface area (Å²) in [7, 11) is 1.94. The summed E-state index contributed by atoms with van der Waals surface area (Å²) >= 11 is 0. The molecule has 0 radical (unpaired) electrons.